The molecule has 0 spiro atoms. The van der Waals surface area contributed by atoms with Gasteiger partial charge >= 0.3 is 11.7 Å². The molecule has 2 atom stereocenters. The van der Waals surface area contributed by atoms with Crippen LogP contribution >= 0.6 is 0 Å². The lowest BCUT2D eigenvalue weighted by molar-refractivity contribution is -0.385. The van der Waals surface area contributed by atoms with Crippen LogP contribution in [0.3, 0.4) is 0 Å². The first-order valence-corrected chi connectivity index (χ1v) is 5.24. The minimum absolute atomic E-state index is 0.265. The largest absolute Gasteiger partial charge is 0.479 e. The zero-order valence-corrected chi connectivity index (χ0v) is 10.3. The maximum atomic E-state index is 10.9. The van der Waals surface area contributed by atoms with Crippen molar-refractivity contribution in [2.45, 2.75) is 12.2 Å². The average Bonchev–Trinajstić information content (AvgIpc) is 2.42. The zero-order valence-electron chi connectivity index (χ0n) is 10.3. The molecule has 20 heavy (non-hydrogen) atoms. The van der Waals surface area contributed by atoms with E-state index in [4.69, 9.17) is 14.9 Å². The Morgan fingerprint density at radius 3 is 2.70 bits per heavy atom. The van der Waals surface area contributed by atoms with E-state index >= 15 is 0 Å². The van der Waals surface area contributed by atoms with E-state index in [1.54, 1.807) is 0 Å². The van der Waals surface area contributed by atoms with Crippen molar-refractivity contribution in [2.75, 3.05) is 19.0 Å². The summed E-state index contributed by atoms with van der Waals surface area (Å²) in [7, 11) is 1.18. The Kier molecular flexibility index (Phi) is 5.11. The van der Waals surface area contributed by atoms with E-state index in [1.165, 1.54) is 7.11 Å². The molecule has 0 aliphatic rings. The predicted octanol–water partition coefficient (Wildman–Crippen LogP) is -1.39. The third-order valence-electron chi connectivity index (χ3n) is 2.26. The van der Waals surface area contributed by atoms with Crippen molar-refractivity contribution in [2.24, 2.45) is 0 Å². The number of hydrogen-bond donors (Lipinski definition) is 4. The van der Waals surface area contributed by atoms with Gasteiger partial charge in [0.2, 0.25) is 5.82 Å². The van der Waals surface area contributed by atoms with Gasteiger partial charge in [0.25, 0.3) is 5.88 Å². The first-order chi connectivity index (χ1) is 9.38. The van der Waals surface area contributed by atoms with Gasteiger partial charge in [-0.1, -0.05) is 0 Å². The second-order valence-corrected chi connectivity index (χ2v) is 3.57. The number of rotatable bonds is 7. The van der Waals surface area contributed by atoms with Crippen LogP contribution in [-0.2, 0) is 4.79 Å². The Hall–Kier alpha value is -2.53. The molecule has 0 fully saturated rings. The van der Waals surface area contributed by atoms with Crippen LogP contribution < -0.4 is 10.1 Å². The van der Waals surface area contributed by atoms with Crippen LogP contribution in [0.1, 0.15) is 0 Å². The third-order valence-corrected chi connectivity index (χ3v) is 2.26. The number of hydrogen-bond acceptors (Lipinski definition) is 9. The van der Waals surface area contributed by atoms with Crippen molar-refractivity contribution >= 4 is 17.5 Å². The van der Waals surface area contributed by atoms with E-state index in [0.717, 1.165) is 6.33 Å². The highest BCUT2D eigenvalue weighted by Crippen LogP contribution is 2.30. The highest BCUT2D eigenvalue weighted by molar-refractivity contribution is 5.72. The number of aliphatic hydroxyl groups excluding tert-OH is 2. The molecule has 0 saturated heterocycles. The Balaban J connectivity index is 2.88. The van der Waals surface area contributed by atoms with Gasteiger partial charge in [0.05, 0.1) is 12.0 Å². The second-order valence-electron chi connectivity index (χ2n) is 3.57. The zero-order chi connectivity index (χ0) is 15.3. The van der Waals surface area contributed by atoms with Crippen molar-refractivity contribution < 1.29 is 29.8 Å². The maximum absolute atomic E-state index is 10.9. The molecule has 11 heteroatoms. The average molecular weight is 288 g/mol. The molecule has 1 aromatic heterocycles. The molecule has 1 aromatic rings. The molecule has 0 aliphatic carbocycles. The van der Waals surface area contributed by atoms with E-state index < -0.39 is 35.3 Å². The molecule has 4 N–H and O–H groups in total. The van der Waals surface area contributed by atoms with Gasteiger partial charge in [0, 0.05) is 6.54 Å². The molecule has 1 heterocycles. The number of carboxylic acids is 1. The fourth-order valence-corrected chi connectivity index (χ4v) is 1.28. The number of nitro groups is 1. The molecule has 0 aliphatic heterocycles. The van der Waals surface area contributed by atoms with E-state index in [-0.39, 0.29) is 11.7 Å². The summed E-state index contributed by atoms with van der Waals surface area (Å²) in [5.41, 5.74) is -0.563. The molecule has 0 unspecified atom stereocenters. The topological polar surface area (TPSA) is 168 Å². The summed E-state index contributed by atoms with van der Waals surface area (Å²) in [5.74, 6) is -2.17. The van der Waals surface area contributed by atoms with Crippen LogP contribution in [0.4, 0.5) is 11.5 Å². The SMILES string of the molecule is COc1ncnc(NC[C@@H](O)[C@@H](O)C(=O)O)c1[N+](=O)[O-]. The summed E-state index contributed by atoms with van der Waals surface area (Å²) >= 11 is 0. The third kappa shape index (κ3) is 3.49. The number of anilines is 1. The smallest absolute Gasteiger partial charge is 0.372 e. The monoisotopic (exact) mass is 288 g/mol. The Labute approximate surface area is 112 Å². The minimum Gasteiger partial charge on any atom is -0.479 e. The van der Waals surface area contributed by atoms with Gasteiger partial charge in [-0.05, 0) is 0 Å². The number of aromatic nitrogens is 2. The minimum atomic E-state index is -2.02. The first kappa shape index (κ1) is 15.5. The lowest BCUT2D eigenvalue weighted by Crippen LogP contribution is -2.38. The van der Waals surface area contributed by atoms with Crippen LogP contribution in [-0.4, -0.2) is 62.0 Å². The fourth-order valence-electron chi connectivity index (χ4n) is 1.28. The van der Waals surface area contributed by atoms with Crippen LogP contribution in [0.15, 0.2) is 6.33 Å². The van der Waals surface area contributed by atoms with E-state index in [0.29, 0.717) is 0 Å². The number of carboxylic acid groups (broad SMARTS) is 1. The quantitative estimate of drug-likeness (QED) is 0.346. The summed E-state index contributed by atoms with van der Waals surface area (Å²) in [4.78, 5) is 27.7. The summed E-state index contributed by atoms with van der Waals surface area (Å²) in [6.07, 6.45) is -2.70. The lowest BCUT2D eigenvalue weighted by Gasteiger charge is -2.15. The first-order valence-electron chi connectivity index (χ1n) is 5.24. The van der Waals surface area contributed by atoms with Gasteiger partial charge in [0.15, 0.2) is 6.10 Å². The van der Waals surface area contributed by atoms with Gasteiger partial charge in [-0.2, -0.15) is 4.98 Å². The van der Waals surface area contributed by atoms with Crippen molar-refractivity contribution in [1.82, 2.24) is 9.97 Å². The number of aliphatic hydroxyl groups is 2. The fraction of sp³-hybridized carbons (Fsp3) is 0.444. The summed E-state index contributed by atoms with van der Waals surface area (Å²) < 4.78 is 4.70. The molecule has 110 valence electrons. The molecular weight excluding hydrogens is 276 g/mol. The molecule has 11 nitrogen and oxygen atoms in total. The number of ether oxygens (including phenoxy) is 1. The molecule has 0 saturated carbocycles. The predicted molar refractivity (Wildman–Crippen MR) is 63.4 cm³/mol. The van der Waals surface area contributed by atoms with Crippen molar-refractivity contribution in [3.63, 3.8) is 0 Å². The molecule has 0 amide bonds. The number of nitrogens with one attached hydrogen (secondary N) is 1. The standard InChI is InChI=1S/C9H12N4O7/c1-20-8-5(13(18)19)7(11-3-12-8)10-2-4(14)6(15)9(16)17/h3-4,6,14-15H,2H2,1H3,(H,16,17)(H,10,11,12)/t4-,6-/m1/s1. The van der Waals surface area contributed by atoms with Gasteiger partial charge in [-0.15, -0.1) is 0 Å². The lowest BCUT2D eigenvalue weighted by atomic mass is 10.2. The number of methoxy groups -OCH3 is 1. The number of aliphatic carboxylic acids is 1. The van der Waals surface area contributed by atoms with Gasteiger partial charge < -0.3 is 25.4 Å². The molecule has 0 bridgehead atoms. The highest BCUT2D eigenvalue weighted by Gasteiger charge is 2.27. The van der Waals surface area contributed by atoms with Crippen LogP contribution in [0.2, 0.25) is 0 Å². The molecule has 0 radical (unpaired) electrons. The Morgan fingerprint density at radius 2 is 2.20 bits per heavy atom. The molecule has 1 rings (SSSR count). The van der Waals surface area contributed by atoms with E-state index in [1.807, 2.05) is 0 Å². The Morgan fingerprint density at radius 1 is 1.55 bits per heavy atom. The summed E-state index contributed by atoms with van der Waals surface area (Å²) in [6, 6.07) is 0. The summed E-state index contributed by atoms with van der Waals surface area (Å²) in [6.45, 7) is -0.464. The van der Waals surface area contributed by atoms with Crippen molar-refractivity contribution in [1.29, 1.82) is 0 Å². The van der Waals surface area contributed by atoms with Gasteiger partial charge in [-0.3, -0.25) is 10.1 Å². The number of nitrogens with zero attached hydrogens (tertiary/aromatic N) is 3. The second kappa shape index (κ2) is 6.58. The van der Waals surface area contributed by atoms with E-state index in [9.17, 15) is 20.0 Å². The highest BCUT2D eigenvalue weighted by atomic mass is 16.6. The maximum Gasteiger partial charge on any atom is 0.372 e. The van der Waals surface area contributed by atoms with Crippen LogP contribution in [0, 0.1) is 10.1 Å². The van der Waals surface area contributed by atoms with Crippen LogP contribution in [0.5, 0.6) is 5.88 Å². The van der Waals surface area contributed by atoms with Crippen molar-refractivity contribution in [3.8, 4) is 5.88 Å². The van der Waals surface area contributed by atoms with Gasteiger partial charge in [-0.25, -0.2) is 9.78 Å². The number of carbonyl (C=O) groups is 1. The normalized spacial score (nSPS) is 13.3. The van der Waals surface area contributed by atoms with Crippen LogP contribution in [0.25, 0.3) is 0 Å². The van der Waals surface area contributed by atoms with E-state index in [2.05, 4.69) is 15.3 Å². The summed E-state index contributed by atoms with van der Waals surface area (Å²) in [5, 5.41) is 40.2. The van der Waals surface area contributed by atoms with Gasteiger partial charge in [0.1, 0.15) is 12.4 Å². The Bertz CT molecular complexity index is 509. The van der Waals surface area contributed by atoms with Crippen molar-refractivity contribution in [3.05, 3.63) is 16.4 Å². The molecule has 0 aromatic carbocycles. The molecular formula is C9H12N4O7.